The van der Waals surface area contributed by atoms with Gasteiger partial charge < -0.3 is 9.88 Å². The molecule has 0 aliphatic rings. The van der Waals surface area contributed by atoms with Crippen molar-refractivity contribution in [1.82, 2.24) is 24.5 Å². The number of hydrogen-bond acceptors (Lipinski definition) is 4. The van der Waals surface area contributed by atoms with Crippen molar-refractivity contribution in [2.45, 2.75) is 13.5 Å². The Kier molecular flexibility index (Phi) is 2.40. The van der Waals surface area contributed by atoms with Gasteiger partial charge in [-0.15, -0.1) is 10.2 Å². The Morgan fingerprint density at radius 1 is 1.33 bits per heavy atom. The number of anilines is 1. The molecule has 1 N–H and O–H groups in total. The van der Waals surface area contributed by atoms with Crippen molar-refractivity contribution in [1.29, 1.82) is 0 Å². The van der Waals surface area contributed by atoms with E-state index in [2.05, 4.69) is 20.6 Å². The highest BCUT2D eigenvalue weighted by molar-refractivity contribution is 5.32. The Morgan fingerprint density at radius 2 is 2.13 bits per heavy atom. The van der Waals surface area contributed by atoms with Crippen molar-refractivity contribution in [2.24, 2.45) is 14.1 Å². The predicted molar refractivity (Wildman–Crippen MR) is 56.3 cm³/mol. The second kappa shape index (κ2) is 3.72. The van der Waals surface area contributed by atoms with Gasteiger partial charge in [-0.3, -0.25) is 4.68 Å². The van der Waals surface area contributed by atoms with Gasteiger partial charge in [0.05, 0.1) is 6.54 Å². The fourth-order valence-corrected chi connectivity index (χ4v) is 1.28. The lowest BCUT2D eigenvalue weighted by Gasteiger charge is -2.02. The molecule has 0 amide bonds. The first kappa shape index (κ1) is 9.70. The topological polar surface area (TPSA) is 60.6 Å². The normalized spacial score (nSPS) is 10.6. The van der Waals surface area contributed by atoms with Gasteiger partial charge in [0.1, 0.15) is 11.6 Å². The van der Waals surface area contributed by atoms with Gasteiger partial charge in [-0.2, -0.15) is 5.10 Å². The second-order valence-corrected chi connectivity index (χ2v) is 3.45. The van der Waals surface area contributed by atoms with E-state index in [1.165, 1.54) is 0 Å². The van der Waals surface area contributed by atoms with E-state index in [0.29, 0.717) is 6.54 Å². The molecule has 0 bridgehead atoms. The van der Waals surface area contributed by atoms with E-state index in [1.54, 1.807) is 4.68 Å². The van der Waals surface area contributed by atoms with Crippen LogP contribution >= 0.6 is 0 Å². The lowest BCUT2D eigenvalue weighted by Crippen LogP contribution is -2.07. The van der Waals surface area contributed by atoms with Crippen LogP contribution in [0.1, 0.15) is 11.6 Å². The van der Waals surface area contributed by atoms with E-state index in [1.807, 2.05) is 37.8 Å². The maximum absolute atomic E-state index is 4.21. The summed E-state index contributed by atoms with van der Waals surface area (Å²) in [6.07, 6.45) is 1.89. The third-order valence-corrected chi connectivity index (χ3v) is 2.32. The Morgan fingerprint density at radius 3 is 2.67 bits per heavy atom. The molecule has 0 fully saturated rings. The van der Waals surface area contributed by atoms with Crippen LogP contribution in [0.15, 0.2) is 12.3 Å². The standard InChI is InChI=1S/C9H14N6/c1-7-11-12-9(15(7)3)6-10-8-4-5-14(2)13-8/h4-5H,6H2,1-3H3,(H,10,13). The minimum absolute atomic E-state index is 0.633. The van der Waals surface area contributed by atoms with E-state index in [0.717, 1.165) is 17.5 Å². The molecule has 0 aliphatic carbocycles. The van der Waals surface area contributed by atoms with Crippen LogP contribution in [-0.2, 0) is 20.6 Å². The molecular weight excluding hydrogens is 192 g/mol. The van der Waals surface area contributed by atoms with Crippen molar-refractivity contribution in [3.63, 3.8) is 0 Å². The monoisotopic (exact) mass is 206 g/mol. The highest BCUT2D eigenvalue weighted by Crippen LogP contribution is 2.04. The number of hydrogen-bond donors (Lipinski definition) is 1. The molecule has 2 aromatic heterocycles. The van der Waals surface area contributed by atoms with Crippen LogP contribution in [0.3, 0.4) is 0 Å². The first-order chi connectivity index (χ1) is 7.16. The third kappa shape index (κ3) is 1.98. The Balaban J connectivity index is 2.02. The highest BCUT2D eigenvalue weighted by Gasteiger charge is 2.04. The van der Waals surface area contributed by atoms with Crippen LogP contribution < -0.4 is 5.32 Å². The molecule has 2 rings (SSSR count). The Bertz CT molecular complexity index is 455. The summed E-state index contributed by atoms with van der Waals surface area (Å²) in [7, 11) is 3.84. The summed E-state index contributed by atoms with van der Waals surface area (Å²) in [5.74, 6) is 2.66. The number of rotatable bonds is 3. The molecule has 0 atom stereocenters. The van der Waals surface area contributed by atoms with Crippen molar-refractivity contribution < 1.29 is 0 Å². The molecular formula is C9H14N6. The van der Waals surface area contributed by atoms with Crippen molar-refractivity contribution >= 4 is 5.82 Å². The number of nitrogens with zero attached hydrogens (tertiary/aromatic N) is 5. The maximum Gasteiger partial charge on any atom is 0.152 e. The average Bonchev–Trinajstić information content (AvgIpc) is 2.74. The number of aromatic nitrogens is 5. The van der Waals surface area contributed by atoms with E-state index in [4.69, 9.17) is 0 Å². The van der Waals surface area contributed by atoms with Crippen molar-refractivity contribution in [3.8, 4) is 0 Å². The van der Waals surface area contributed by atoms with Gasteiger partial charge in [0.25, 0.3) is 0 Å². The van der Waals surface area contributed by atoms with Crippen LogP contribution in [0, 0.1) is 6.92 Å². The van der Waals surface area contributed by atoms with Gasteiger partial charge in [0.2, 0.25) is 0 Å². The quantitative estimate of drug-likeness (QED) is 0.793. The smallest absolute Gasteiger partial charge is 0.152 e. The van der Waals surface area contributed by atoms with Gasteiger partial charge in [-0.05, 0) is 6.92 Å². The van der Waals surface area contributed by atoms with Crippen molar-refractivity contribution in [2.75, 3.05) is 5.32 Å². The van der Waals surface area contributed by atoms with Crippen LogP contribution in [-0.4, -0.2) is 24.5 Å². The Labute approximate surface area is 87.9 Å². The van der Waals surface area contributed by atoms with Gasteiger partial charge in [-0.25, -0.2) is 0 Å². The molecule has 2 aromatic rings. The fourth-order valence-electron chi connectivity index (χ4n) is 1.28. The summed E-state index contributed by atoms with van der Waals surface area (Å²) >= 11 is 0. The van der Waals surface area contributed by atoms with Crippen LogP contribution in [0.5, 0.6) is 0 Å². The summed E-state index contributed by atoms with van der Waals surface area (Å²) in [5.41, 5.74) is 0. The molecule has 0 spiro atoms. The molecule has 6 heteroatoms. The van der Waals surface area contributed by atoms with E-state index in [9.17, 15) is 0 Å². The van der Waals surface area contributed by atoms with Crippen molar-refractivity contribution in [3.05, 3.63) is 23.9 Å². The van der Waals surface area contributed by atoms with E-state index in [-0.39, 0.29) is 0 Å². The summed E-state index contributed by atoms with van der Waals surface area (Å²) in [4.78, 5) is 0. The molecule has 0 saturated heterocycles. The summed E-state index contributed by atoms with van der Waals surface area (Å²) in [5, 5.41) is 15.4. The first-order valence-electron chi connectivity index (χ1n) is 4.75. The summed E-state index contributed by atoms with van der Waals surface area (Å²) < 4.78 is 3.71. The van der Waals surface area contributed by atoms with Crippen LogP contribution in [0.2, 0.25) is 0 Å². The molecule has 80 valence electrons. The molecule has 2 heterocycles. The van der Waals surface area contributed by atoms with Crippen LogP contribution in [0.4, 0.5) is 5.82 Å². The summed E-state index contributed by atoms with van der Waals surface area (Å²) in [6, 6.07) is 1.92. The zero-order chi connectivity index (χ0) is 10.8. The molecule has 0 saturated carbocycles. The third-order valence-electron chi connectivity index (χ3n) is 2.32. The zero-order valence-electron chi connectivity index (χ0n) is 9.10. The molecule has 0 aromatic carbocycles. The van der Waals surface area contributed by atoms with Gasteiger partial charge >= 0.3 is 0 Å². The molecule has 0 aliphatic heterocycles. The Hall–Kier alpha value is -1.85. The highest BCUT2D eigenvalue weighted by atomic mass is 15.3. The molecule has 15 heavy (non-hydrogen) atoms. The van der Waals surface area contributed by atoms with E-state index < -0.39 is 0 Å². The lowest BCUT2D eigenvalue weighted by atomic mass is 10.5. The van der Waals surface area contributed by atoms with Gasteiger partial charge in [0.15, 0.2) is 5.82 Å². The molecule has 6 nitrogen and oxygen atoms in total. The maximum atomic E-state index is 4.21. The predicted octanol–water partition coefficient (Wildman–Crippen LogP) is 0.469. The number of aryl methyl sites for hydroxylation is 2. The van der Waals surface area contributed by atoms with Crippen LogP contribution in [0.25, 0.3) is 0 Å². The lowest BCUT2D eigenvalue weighted by molar-refractivity contribution is 0.759. The zero-order valence-corrected chi connectivity index (χ0v) is 9.10. The minimum atomic E-state index is 0.633. The van der Waals surface area contributed by atoms with Gasteiger partial charge in [-0.1, -0.05) is 0 Å². The second-order valence-electron chi connectivity index (χ2n) is 3.45. The SMILES string of the molecule is Cc1nnc(CNc2ccn(C)n2)n1C. The molecule has 0 unspecified atom stereocenters. The minimum Gasteiger partial charge on any atom is -0.361 e. The largest absolute Gasteiger partial charge is 0.361 e. The first-order valence-corrected chi connectivity index (χ1v) is 4.75. The number of nitrogens with one attached hydrogen (secondary N) is 1. The fraction of sp³-hybridized carbons (Fsp3) is 0.444. The summed E-state index contributed by atoms with van der Waals surface area (Å²) in [6.45, 7) is 2.56. The molecule has 0 radical (unpaired) electrons. The average molecular weight is 206 g/mol. The van der Waals surface area contributed by atoms with E-state index >= 15 is 0 Å². The van der Waals surface area contributed by atoms with Gasteiger partial charge in [0, 0.05) is 26.4 Å².